The number of ketones is 2. The average molecular weight is 1050 g/mol. The molecule has 5 aromatic carbocycles. The summed E-state index contributed by atoms with van der Waals surface area (Å²) >= 11 is 24.5. The van der Waals surface area contributed by atoms with E-state index in [2.05, 4.69) is 41.7 Å². The van der Waals surface area contributed by atoms with Crippen molar-refractivity contribution in [1.29, 1.82) is 0 Å². The Morgan fingerprint density at radius 1 is 0.486 bits per heavy atom. The summed E-state index contributed by atoms with van der Waals surface area (Å²) in [6.07, 6.45) is -8.89. The summed E-state index contributed by atoms with van der Waals surface area (Å²) in [7, 11) is 0. The number of benzene rings is 5. The van der Waals surface area contributed by atoms with Gasteiger partial charge in [0, 0.05) is 11.4 Å². The molecule has 0 aromatic heterocycles. The molecule has 0 spiro atoms. The lowest BCUT2D eigenvalue weighted by Gasteiger charge is -2.18. The van der Waals surface area contributed by atoms with Crippen LogP contribution in [0.15, 0.2) is 105 Å². The van der Waals surface area contributed by atoms with Crippen LogP contribution >= 0.6 is 46.4 Å². The smallest absolute Gasteiger partial charge is 0.323 e. The molecule has 0 aliphatic rings. The van der Waals surface area contributed by atoms with Crippen LogP contribution in [0.2, 0.25) is 20.1 Å². The topological polar surface area (TPSA) is 200 Å². The number of alkyl halides is 6. The summed E-state index contributed by atoms with van der Waals surface area (Å²) in [5.74, 6) is -5.17. The Hall–Kier alpha value is -6.74. The summed E-state index contributed by atoms with van der Waals surface area (Å²) in [5, 5.41) is 25.0. The summed E-state index contributed by atoms with van der Waals surface area (Å²) < 4.78 is 79.7. The zero-order valence-electron chi connectivity index (χ0n) is 36.7. The van der Waals surface area contributed by atoms with E-state index in [9.17, 15) is 55.1 Å². The van der Waals surface area contributed by atoms with Gasteiger partial charge < -0.3 is 21.3 Å². The van der Waals surface area contributed by atoms with Crippen LogP contribution in [-0.2, 0) is 44.4 Å². The van der Waals surface area contributed by atoms with Crippen LogP contribution in [0.4, 0.5) is 60.5 Å². The molecule has 366 valence electrons. The summed E-state index contributed by atoms with van der Waals surface area (Å²) in [5.41, 5.74) is -2.02. The number of rotatable bonds is 16. The van der Waals surface area contributed by atoms with Crippen LogP contribution in [0.25, 0.3) is 0 Å². The lowest BCUT2D eigenvalue weighted by molar-refractivity contribution is -0.138. The largest absolute Gasteiger partial charge is 0.416 e. The number of amides is 4. The molecule has 24 heteroatoms. The summed E-state index contributed by atoms with van der Waals surface area (Å²) in [6, 6.07) is 11.7. The highest BCUT2D eigenvalue weighted by Crippen LogP contribution is 2.37. The van der Waals surface area contributed by atoms with Gasteiger partial charge in [-0.05, 0) is 123 Å². The number of halogens is 10. The molecule has 4 amide bonds. The third kappa shape index (κ3) is 13.7. The van der Waals surface area contributed by atoms with Crippen molar-refractivity contribution >= 4 is 116 Å². The van der Waals surface area contributed by atoms with Gasteiger partial charge in [-0.25, -0.2) is 0 Å². The predicted molar refractivity (Wildman–Crippen MR) is 252 cm³/mol. The Labute approximate surface area is 414 Å². The number of carbonyl (C=O) groups excluding carboxylic acids is 6. The number of nitrogens with one attached hydrogen (secondary N) is 4. The number of Topliss-reactive ketones (excluding diaryl/α,β-unsaturated/α-hetero) is 2. The minimum Gasteiger partial charge on any atom is -0.323 e. The number of azo groups is 2. The first-order chi connectivity index (χ1) is 32.8. The molecule has 2 unspecified atom stereocenters. The van der Waals surface area contributed by atoms with Gasteiger partial charge >= 0.3 is 12.4 Å². The minimum atomic E-state index is -4.72. The van der Waals surface area contributed by atoms with E-state index in [-0.39, 0.29) is 78.2 Å². The quantitative estimate of drug-likeness (QED) is 0.0430. The van der Waals surface area contributed by atoms with Gasteiger partial charge in [-0.15, -0.1) is 0 Å². The van der Waals surface area contributed by atoms with Crippen molar-refractivity contribution < 1.29 is 55.1 Å². The molecule has 70 heavy (non-hydrogen) atoms. The zero-order valence-corrected chi connectivity index (χ0v) is 39.7. The van der Waals surface area contributed by atoms with E-state index in [4.69, 9.17) is 46.4 Å². The number of anilines is 4. The normalized spacial score (nSPS) is 12.7. The molecule has 0 bridgehead atoms. The van der Waals surface area contributed by atoms with Crippen LogP contribution in [0.1, 0.15) is 70.7 Å². The molecule has 0 heterocycles. The Balaban J connectivity index is 1.31. The van der Waals surface area contributed by atoms with E-state index in [1.54, 1.807) is 26.0 Å². The molecule has 14 nitrogen and oxygen atoms in total. The highest BCUT2D eigenvalue weighted by Gasteiger charge is 2.33. The third-order valence-corrected chi connectivity index (χ3v) is 11.2. The lowest BCUT2D eigenvalue weighted by Crippen LogP contribution is -2.33. The monoisotopic (exact) mass is 1050 g/mol. The molecule has 4 N–H and O–H groups in total. The van der Waals surface area contributed by atoms with Crippen molar-refractivity contribution in [3.63, 3.8) is 0 Å². The van der Waals surface area contributed by atoms with E-state index in [0.717, 1.165) is 50.2 Å². The Bertz CT molecular complexity index is 2770. The number of hydrogen-bond donors (Lipinski definition) is 4. The van der Waals surface area contributed by atoms with Crippen molar-refractivity contribution in [3.05, 3.63) is 138 Å². The number of nitrogens with zero attached hydrogens (tertiary/aromatic N) is 4. The highest BCUT2D eigenvalue weighted by molar-refractivity contribution is 6.37. The maximum atomic E-state index is 13.6. The molecule has 0 fully saturated rings. The second kappa shape index (κ2) is 22.8. The molecule has 0 saturated carbocycles. The Kier molecular flexibility index (Phi) is 17.6. The first-order valence-corrected chi connectivity index (χ1v) is 21.9. The molecule has 0 aliphatic heterocycles. The van der Waals surface area contributed by atoms with Crippen LogP contribution < -0.4 is 21.3 Å². The molecular weight excluding hydrogens is 1020 g/mol. The fourth-order valence-corrected chi connectivity index (χ4v) is 7.00. The fourth-order valence-electron chi connectivity index (χ4n) is 6.27. The standard InChI is InChI=1S/C46H36Cl4F6N8O6/c1-5-23-15-36(58-44(70)40(22(4)66)64-62-28-10-14-32(48)30(20-28)42(68)60-38-18-26(46(54,55)56)8-12-34(38)50)24(6-2)16-35(23)57-43(69)39(21(3)65)63-61-27-9-13-31(47)29(19-27)41(67)59-37-17-25(45(51,52)53)7-11-33(37)49/h7-20,39-40H,5-6H2,1-4H3,(H,57,69)(H,58,70)(H,59,67)(H,60,68). The highest BCUT2D eigenvalue weighted by atomic mass is 35.5. The van der Waals surface area contributed by atoms with Gasteiger partial charge in [0.1, 0.15) is 0 Å². The first-order valence-electron chi connectivity index (χ1n) is 20.4. The third-order valence-electron chi connectivity index (χ3n) is 9.92. The van der Waals surface area contributed by atoms with Gasteiger partial charge in [-0.3, -0.25) is 28.8 Å². The number of hydrogen-bond acceptors (Lipinski definition) is 10. The van der Waals surface area contributed by atoms with E-state index in [0.29, 0.717) is 23.3 Å². The average Bonchev–Trinajstić information content (AvgIpc) is 3.28. The summed E-state index contributed by atoms with van der Waals surface area (Å²) in [4.78, 5) is 78.8. The van der Waals surface area contributed by atoms with Crippen molar-refractivity contribution in [3.8, 4) is 0 Å². The molecule has 5 rings (SSSR count). The van der Waals surface area contributed by atoms with Crippen LogP contribution in [-0.4, -0.2) is 47.3 Å². The van der Waals surface area contributed by atoms with Gasteiger partial charge in [-0.1, -0.05) is 60.3 Å². The lowest BCUT2D eigenvalue weighted by atomic mass is 10.0. The molecule has 5 aromatic rings. The fraction of sp³-hybridized carbons (Fsp3) is 0.217. The molecule has 0 radical (unpaired) electrons. The van der Waals surface area contributed by atoms with Gasteiger partial charge in [0.15, 0.2) is 11.6 Å². The minimum absolute atomic E-state index is 0.0571. The maximum absolute atomic E-state index is 13.6. The SMILES string of the molecule is CCc1cc(NC(=O)C(N=Nc2ccc(Cl)c(C(=O)Nc3cc(C(F)(F)F)ccc3Cl)c2)C(C)=O)c(CC)cc1NC(=O)C(N=Nc1ccc(Cl)c(C(=O)Nc2cc(C(F)(F)F)ccc2Cl)c1)C(C)=O. The van der Waals surface area contributed by atoms with Gasteiger partial charge in [-0.2, -0.15) is 46.8 Å². The van der Waals surface area contributed by atoms with E-state index in [1.165, 1.54) is 24.3 Å². The van der Waals surface area contributed by atoms with Crippen molar-refractivity contribution in [1.82, 2.24) is 0 Å². The second-order valence-electron chi connectivity index (χ2n) is 14.9. The van der Waals surface area contributed by atoms with Gasteiger partial charge in [0.2, 0.25) is 12.1 Å². The van der Waals surface area contributed by atoms with Crippen LogP contribution in [0, 0.1) is 0 Å². The van der Waals surface area contributed by atoms with Crippen LogP contribution in [0.3, 0.4) is 0 Å². The van der Waals surface area contributed by atoms with Crippen molar-refractivity contribution in [2.45, 2.75) is 65.0 Å². The Morgan fingerprint density at radius 2 is 0.829 bits per heavy atom. The van der Waals surface area contributed by atoms with Gasteiger partial charge in [0.05, 0.1) is 65.1 Å². The van der Waals surface area contributed by atoms with E-state index in [1.807, 2.05) is 0 Å². The number of carbonyl (C=O) groups is 6. The molecule has 2 atom stereocenters. The van der Waals surface area contributed by atoms with Gasteiger partial charge in [0.25, 0.3) is 23.6 Å². The molecular formula is C46H36Cl4F6N8O6. The van der Waals surface area contributed by atoms with Crippen molar-refractivity contribution in [2.24, 2.45) is 20.5 Å². The van der Waals surface area contributed by atoms with E-state index < -0.39 is 70.8 Å². The maximum Gasteiger partial charge on any atom is 0.416 e. The van der Waals surface area contributed by atoms with Crippen molar-refractivity contribution in [2.75, 3.05) is 21.3 Å². The zero-order chi connectivity index (χ0) is 51.8. The molecule has 0 aliphatic carbocycles. The van der Waals surface area contributed by atoms with E-state index >= 15 is 0 Å². The Morgan fingerprint density at radius 3 is 1.14 bits per heavy atom. The van der Waals surface area contributed by atoms with Crippen LogP contribution in [0.5, 0.6) is 0 Å². The molecule has 0 saturated heterocycles. The number of aryl methyl sites for hydroxylation is 2. The second-order valence-corrected chi connectivity index (χ2v) is 16.6. The first kappa shape index (κ1) is 54.2. The predicted octanol–water partition coefficient (Wildman–Crippen LogP) is 13.3. The summed E-state index contributed by atoms with van der Waals surface area (Å²) in [6.45, 7) is 5.65.